The zero-order valence-electron chi connectivity index (χ0n) is 15.1. The molecule has 3 aromatic rings. The predicted molar refractivity (Wildman–Crippen MR) is 97.5 cm³/mol. The fraction of sp³-hybridized carbons (Fsp3) is 0.368. The fourth-order valence-corrected chi connectivity index (χ4v) is 2.85. The van der Waals surface area contributed by atoms with Gasteiger partial charge in [-0.2, -0.15) is 5.10 Å². The summed E-state index contributed by atoms with van der Waals surface area (Å²) < 4.78 is 3.75. The minimum Gasteiger partial charge on any atom is -0.384 e. The number of rotatable bonds is 6. The number of hydrogen-bond donors (Lipinski definition) is 2. The second-order valence-electron chi connectivity index (χ2n) is 6.72. The van der Waals surface area contributed by atoms with Crippen LogP contribution in [0, 0.1) is 6.92 Å². The number of aryl methyl sites for hydroxylation is 2. The van der Waals surface area contributed by atoms with Crippen molar-refractivity contribution in [3.05, 3.63) is 66.0 Å². The zero-order valence-corrected chi connectivity index (χ0v) is 15.1. The summed E-state index contributed by atoms with van der Waals surface area (Å²) in [4.78, 5) is 4.25. The Kier molecular flexibility index (Phi) is 4.74. The average Bonchev–Trinajstić information content (AvgIpc) is 3.22. The largest absolute Gasteiger partial charge is 0.384 e. The molecule has 2 aromatic heterocycles. The van der Waals surface area contributed by atoms with E-state index in [0.29, 0.717) is 6.54 Å². The number of imidazole rings is 1. The molecular formula is C19H25N5O. The summed E-state index contributed by atoms with van der Waals surface area (Å²) in [6.07, 6.45) is 7.30. The molecule has 0 saturated carbocycles. The van der Waals surface area contributed by atoms with Crippen LogP contribution < -0.4 is 5.32 Å². The van der Waals surface area contributed by atoms with Gasteiger partial charge in [-0.15, -0.1) is 0 Å². The van der Waals surface area contributed by atoms with Crippen molar-refractivity contribution in [2.75, 3.05) is 6.54 Å². The van der Waals surface area contributed by atoms with E-state index < -0.39 is 5.60 Å². The molecule has 6 heteroatoms. The maximum Gasteiger partial charge on any atom is 0.110 e. The molecule has 2 atom stereocenters. The summed E-state index contributed by atoms with van der Waals surface area (Å²) >= 11 is 0. The topological polar surface area (TPSA) is 67.9 Å². The molecule has 0 saturated heterocycles. The summed E-state index contributed by atoms with van der Waals surface area (Å²) in [5, 5.41) is 18.2. The monoisotopic (exact) mass is 339 g/mol. The molecule has 25 heavy (non-hydrogen) atoms. The molecule has 132 valence electrons. The second kappa shape index (κ2) is 6.82. The van der Waals surface area contributed by atoms with Crippen LogP contribution in [0.25, 0.3) is 5.69 Å². The first-order chi connectivity index (χ1) is 11.9. The van der Waals surface area contributed by atoms with Crippen LogP contribution in [0.1, 0.15) is 36.8 Å². The van der Waals surface area contributed by atoms with Crippen molar-refractivity contribution >= 4 is 0 Å². The molecule has 1 aromatic carbocycles. The van der Waals surface area contributed by atoms with Gasteiger partial charge < -0.3 is 15.0 Å². The summed E-state index contributed by atoms with van der Waals surface area (Å²) in [5.74, 6) is 0.964. The van der Waals surface area contributed by atoms with Crippen LogP contribution in [0.4, 0.5) is 0 Å². The van der Waals surface area contributed by atoms with E-state index in [4.69, 9.17) is 0 Å². The van der Waals surface area contributed by atoms with Crippen LogP contribution in [0.5, 0.6) is 0 Å². The van der Waals surface area contributed by atoms with Crippen LogP contribution >= 0.6 is 0 Å². The first-order valence-electron chi connectivity index (χ1n) is 8.42. The van der Waals surface area contributed by atoms with Crippen LogP contribution in [-0.2, 0) is 12.6 Å². The third-order valence-electron chi connectivity index (χ3n) is 4.58. The van der Waals surface area contributed by atoms with Gasteiger partial charge in [0.1, 0.15) is 11.4 Å². The molecule has 0 spiro atoms. The van der Waals surface area contributed by atoms with Crippen LogP contribution in [0.3, 0.4) is 0 Å². The molecule has 0 fully saturated rings. The van der Waals surface area contributed by atoms with E-state index in [2.05, 4.69) is 51.2 Å². The Morgan fingerprint density at radius 1 is 1.28 bits per heavy atom. The molecule has 0 amide bonds. The van der Waals surface area contributed by atoms with Gasteiger partial charge in [-0.1, -0.05) is 12.1 Å². The van der Waals surface area contributed by atoms with Gasteiger partial charge in [-0.25, -0.2) is 4.98 Å². The van der Waals surface area contributed by atoms with E-state index in [1.807, 2.05) is 26.4 Å². The zero-order chi connectivity index (χ0) is 18.0. The van der Waals surface area contributed by atoms with E-state index in [1.165, 1.54) is 5.56 Å². The first kappa shape index (κ1) is 17.4. The molecule has 0 aliphatic heterocycles. The maximum atomic E-state index is 10.7. The van der Waals surface area contributed by atoms with Gasteiger partial charge in [0.25, 0.3) is 0 Å². The highest BCUT2D eigenvalue weighted by Gasteiger charge is 2.25. The van der Waals surface area contributed by atoms with Crippen molar-refractivity contribution in [3.63, 3.8) is 0 Å². The Labute approximate surface area is 148 Å². The van der Waals surface area contributed by atoms with Crippen LogP contribution in [0.15, 0.2) is 49.1 Å². The summed E-state index contributed by atoms with van der Waals surface area (Å²) in [6.45, 7) is 6.33. The first-order valence-corrected chi connectivity index (χ1v) is 8.42. The highest BCUT2D eigenvalue weighted by Crippen LogP contribution is 2.21. The fourth-order valence-electron chi connectivity index (χ4n) is 2.85. The van der Waals surface area contributed by atoms with Gasteiger partial charge in [0.05, 0.1) is 6.20 Å². The number of nitrogens with zero attached hydrogens (tertiary/aromatic N) is 4. The van der Waals surface area contributed by atoms with Crippen molar-refractivity contribution in [1.82, 2.24) is 24.6 Å². The lowest BCUT2D eigenvalue weighted by Gasteiger charge is -2.25. The van der Waals surface area contributed by atoms with E-state index in [1.54, 1.807) is 24.0 Å². The molecule has 2 unspecified atom stereocenters. The highest BCUT2D eigenvalue weighted by atomic mass is 16.3. The lowest BCUT2D eigenvalue weighted by Crippen LogP contribution is -2.36. The van der Waals surface area contributed by atoms with Gasteiger partial charge in [0.15, 0.2) is 0 Å². The van der Waals surface area contributed by atoms with Gasteiger partial charge in [0.2, 0.25) is 0 Å². The van der Waals surface area contributed by atoms with Crippen molar-refractivity contribution in [2.24, 2.45) is 7.05 Å². The number of benzene rings is 1. The molecular weight excluding hydrogens is 314 g/mol. The SMILES string of the molecule is Cc1nccn1-c1ccc(C(C)NCC(C)(O)c2cnn(C)c2)cc1. The van der Waals surface area contributed by atoms with Crippen LogP contribution in [-0.4, -0.2) is 31.0 Å². The highest BCUT2D eigenvalue weighted by molar-refractivity contribution is 5.36. The van der Waals surface area contributed by atoms with Gasteiger partial charge in [0, 0.05) is 49.5 Å². The minimum atomic E-state index is -0.962. The number of nitrogens with one attached hydrogen (secondary N) is 1. The Bertz CT molecular complexity index is 832. The molecule has 0 aliphatic rings. The second-order valence-corrected chi connectivity index (χ2v) is 6.72. The van der Waals surface area contributed by atoms with Gasteiger partial charge >= 0.3 is 0 Å². The molecule has 0 bridgehead atoms. The normalized spacial score (nSPS) is 15.1. The van der Waals surface area contributed by atoms with Crippen LogP contribution in [0.2, 0.25) is 0 Å². The van der Waals surface area contributed by atoms with E-state index in [9.17, 15) is 5.11 Å². The van der Waals surface area contributed by atoms with Crippen molar-refractivity contribution < 1.29 is 5.11 Å². The maximum absolute atomic E-state index is 10.7. The third kappa shape index (κ3) is 3.81. The van der Waals surface area contributed by atoms with E-state index in [0.717, 1.165) is 17.1 Å². The average molecular weight is 339 g/mol. The molecule has 2 N–H and O–H groups in total. The Balaban J connectivity index is 1.65. The Hall–Kier alpha value is -2.44. The summed E-state index contributed by atoms with van der Waals surface area (Å²) in [6, 6.07) is 8.50. The lowest BCUT2D eigenvalue weighted by atomic mass is 9.98. The van der Waals surface area contributed by atoms with Gasteiger partial charge in [-0.3, -0.25) is 4.68 Å². The van der Waals surface area contributed by atoms with Crippen molar-refractivity contribution in [2.45, 2.75) is 32.4 Å². The van der Waals surface area contributed by atoms with E-state index in [-0.39, 0.29) is 6.04 Å². The summed E-state index contributed by atoms with van der Waals surface area (Å²) in [7, 11) is 1.85. The molecule has 3 rings (SSSR count). The lowest BCUT2D eigenvalue weighted by molar-refractivity contribution is 0.0543. The minimum absolute atomic E-state index is 0.126. The number of aromatic nitrogens is 4. The van der Waals surface area contributed by atoms with E-state index >= 15 is 0 Å². The number of hydrogen-bond acceptors (Lipinski definition) is 4. The molecule has 0 radical (unpaired) electrons. The number of aliphatic hydroxyl groups is 1. The van der Waals surface area contributed by atoms with Gasteiger partial charge in [-0.05, 0) is 38.5 Å². The van der Waals surface area contributed by atoms with Crippen molar-refractivity contribution in [1.29, 1.82) is 0 Å². The van der Waals surface area contributed by atoms with Crippen molar-refractivity contribution in [3.8, 4) is 5.69 Å². The third-order valence-corrected chi connectivity index (χ3v) is 4.58. The smallest absolute Gasteiger partial charge is 0.110 e. The summed E-state index contributed by atoms with van der Waals surface area (Å²) in [5.41, 5.74) is 2.11. The molecule has 6 nitrogen and oxygen atoms in total. The molecule has 2 heterocycles. The molecule has 0 aliphatic carbocycles. The predicted octanol–water partition coefficient (Wildman–Crippen LogP) is 2.47. The quantitative estimate of drug-likeness (QED) is 0.724. The standard InChI is InChI=1S/C19H25N5O/c1-14(21-13-19(3,25)17-11-22-23(4)12-17)16-5-7-18(8-6-16)24-10-9-20-15(24)2/h5-12,14,21,25H,13H2,1-4H3. The Morgan fingerprint density at radius 3 is 2.56 bits per heavy atom. The Morgan fingerprint density at radius 2 is 2.00 bits per heavy atom.